The molecule has 0 spiro atoms. The molecule has 1 aliphatic rings. The molecule has 1 amide bonds. The third kappa shape index (κ3) is 5.23. The zero-order chi connectivity index (χ0) is 17.7. The van der Waals surface area contributed by atoms with Crippen LogP contribution >= 0.6 is 0 Å². The lowest BCUT2D eigenvalue weighted by Crippen LogP contribution is -2.44. The molecule has 1 aromatic carbocycles. The van der Waals surface area contributed by atoms with Gasteiger partial charge in [-0.1, -0.05) is 45.2 Å². The lowest BCUT2D eigenvalue weighted by Gasteiger charge is -2.26. The van der Waals surface area contributed by atoms with Crippen molar-refractivity contribution in [1.29, 1.82) is 0 Å². The van der Waals surface area contributed by atoms with E-state index in [0.717, 1.165) is 37.5 Å². The molecule has 0 unspecified atom stereocenters. The maximum absolute atomic E-state index is 12.3. The van der Waals surface area contributed by atoms with Gasteiger partial charge in [0.1, 0.15) is 6.54 Å². The molecule has 24 heavy (non-hydrogen) atoms. The summed E-state index contributed by atoms with van der Waals surface area (Å²) in [5.41, 5.74) is 1.67. The monoisotopic (exact) mass is 352 g/mol. The van der Waals surface area contributed by atoms with E-state index in [1.165, 1.54) is 10.7 Å². The van der Waals surface area contributed by atoms with Gasteiger partial charge in [0.15, 0.2) is 0 Å². The van der Waals surface area contributed by atoms with E-state index in [9.17, 15) is 13.2 Å². The van der Waals surface area contributed by atoms with Gasteiger partial charge in [-0.05, 0) is 36.5 Å². The van der Waals surface area contributed by atoms with Crippen molar-refractivity contribution in [2.75, 3.05) is 17.1 Å². The number of rotatable bonds is 6. The van der Waals surface area contributed by atoms with Crippen molar-refractivity contribution in [2.24, 2.45) is 0 Å². The first-order valence-corrected chi connectivity index (χ1v) is 10.5. The van der Waals surface area contributed by atoms with Crippen LogP contribution in [0.1, 0.15) is 57.4 Å². The Labute approximate surface area is 145 Å². The van der Waals surface area contributed by atoms with Gasteiger partial charge >= 0.3 is 0 Å². The van der Waals surface area contributed by atoms with E-state index in [1.807, 2.05) is 12.1 Å². The Morgan fingerprint density at radius 2 is 1.75 bits per heavy atom. The molecule has 0 aliphatic heterocycles. The molecule has 1 N–H and O–H groups in total. The van der Waals surface area contributed by atoms with Crippen molar-refractivity contribution >= 4 is 21.6 Å². The molecule has 1 saturated carbocycles. The van der Waals surface area contributed by atoms with Crippen LogP contribution in [0.15, 0.2) is 24.3 Å². The zero-order valence-corrected chi connectivity index (χ0v) is 15.6. The Hall–Kier alpha value is -1.56. The van der Waals surface area contributed by atoms with Gasteiger partial charge in [-0.2, -0.15) is 0 Å². The van der Waals surface area contributed by atoms with Crippen molar-refractivity contribution < 1.29 is 13.2 Å². The molecule has 134 valence electrons. The summed E-state index contributed by atoms with van der Waals surface area (Å²) < 4.78 is 25.4. The molecule has 0 radical (unpaired) electrons. The van der Waals surface area contributed by atoms with Crippen molar-refractivity contribution in [1.82, 2.24) is 5.32 Å². The molecule has 1 aromatic rings. The van der Waals surface area contributed by atoms with E-state index in [1.54, 1.807) is 12.1 Å². The van der Waals surface area contributed by atoms with E-state index >= 15 is 0 Å². The number of nitrogens with zero attached hydrogens (tertiary/aromatic N) is 1. The Balaban J connectivity index is 2.09. The molecule has 1 aliphatic carbocycles. The van der Waals surface area contributed by atoms with Crippen LogP contribution < -0.4 is 9.62 Å². The van der Waals surface area contributed by atoms with Crippen molar-refractivity contribution in [2.45, 2.75) is 57.9 Å². The molecule has 5 nitrogen and oxygen atoms in total. The molecular formula is C18H28N2O3S. The fourth-order valence-electron chi connectivity index (χ4n) is 3.08. The first-order chi connectivity index (χ1) is 11.3. The van der Waals surface area contributed by atoms with E-state index in [-0.39, 0.29) is 18.5 Å². The Morgan fingerprint density at radius 3 is 2.25 bits per heavy atom. The summed E-state index contributed by atoms with van der Waals surface area (Å²) in [5.74, 6) is 0.139. The van der Waals surface area contributed by atoms with Gasteiger partial charge in [0, 0.05) is 6.04 Å². The van der Waals surface area contributed by atoms with Crippen LogP contribution in [0.2, 0.25) is 0 Å². The molecule has 0 atom stereocenters. The number of carbonyl (C=O) groups is 1. The highest BCUT2D eigenvalue weighted by molar-refractivity contribution is 7.92. The predicted molar refractivity (Wildman–Crippen MR) is 97.7 cm³/mol. The number of hydrogen-bond acceptors (Lipinski definition) is 3. The third-order valence-corrected chi connectivity index (χ3v) is 5.65. The highest BCUT2D eigenvalue weighted by atomic mass is 32.2. The molecule has 0 heterocycles. The number of sulfonamides is 1. The maximum Gasteiger partial charge on any atom is 0.240 e. The maximum atomic E-state index is 12.3. The van der Waals surface area contributed by atoms with Gasteiger partial charge in [0.2, 0.25) is 15.9 Å². The van der Waals surface area contributed by atoms with Gasteiger partial charge in [-0.15, -0.1) is 0 Å². The highest BCUT2D eigenvalue weighted by Gasteiger charge is 2.23. The first kappa shape index (κ1) is 18.8. The molecule has 0 saturated heterocycles. The number of benzene rings is 1. The van der Waals surface area contributed by atoms with Gasteiger partial charge in [-0.3, -0.25) is 9.10 Å². The number of carbonyl (C=O) groups excluding carboxylic acids is 1. The molecular weight excluding hydrogens is 324 g/mol. The first-order valence-electron chi connectivity index (χ1n) is 8.64. The fraction of sp³-hybridized carbons (Fsp3) is 0.611. The van der Waals surface area contributed by atoms with Crippen LogP contribution in [0.4, 0.5) is 5.69 Å². The van der Waals surface area contributed by atoms with Crippen molar-refractivity contribution in [3.63, 3.8) is 0 Å². The van der Waals surface area contributed by atoms with Gasteiger partial charge < -0.3 is 5.32 Å². The number of hydrogen-bond donors (Lipinski definition) is 1. The normalized spacial score (nSPS) is 16.2. The van der Waals surface area contributed by atoms with E-state index < -0.39 is 10.0 Å². The lowest BCUT2D eigenvalue weighted by molar-refractivity contribution is -0.120. The minimum Gasteiger partial charge on any atom is -0.352 e. The van der Waals surface area contributed by atoms with Crippen LogP contribution in [0.3, 0.4) is 0 Å². The highest BCUT2D eigenvalue weighted by Crippen LogP contribution is 2.22. The van der Waals surface area contributed by atoms with Crippen LogP contribution in [0.25, 0.3) is 0 Å². The van der Waals surface area contributed by atoms with E-state index in [0.29, 0.717) is 11.6 Å². The van der Waals surface area contributed by atoms with Crippen LogP contribution in [-0.2, 0) is 14.8 Å². The molecule has 1 fully saturated rings. The Kier molecular flexibility index (Phi) is 6.27. The predicted octanol–water partition coefficient (Wildman–Crippen LogP) is 3.02. The standard InChI is InChI=1S/C18H28N2O3S/c1-14(2)15-9-11-17(12-10-15)20(24(3,22)23)13-18(21)19-16-7-5-4-6-8-16/h9-12,14,16H,4-8,13H2,1-3H3,(H,19,21). The van der Waals surface area contributed by atoms with Crippen molar-refractivity contribution in [3.05, 3.63) is 29.8 Å². The average Bonchev–Trinajstić information content (AvgIpc) is 2.52. The second-order valence-electron chi connectivity index (χ2n) is 6.92. The van der Waals surface area contributed by atoms with Gasteiger partial charge in [-0.25, -0.2) is 8.42 Å². The average molecular weight is 352 g/mol. The second-order valence-corrected chi connectivity index (χ2v) is 8.83. The molecule has 0 bridgehead atoms. The number of amides is 1. The zero-order valence-electron chi connectivity index (χ0n) is 14.8. The smallest absolute Gasteiger partial charge is 0.240 e. The molecule has 6 heteroatoms. The summed E-state index contributed by atoms with van der Waals surface area (Å²) in [5, 5.41) is 2.98. The summed E-state index contributed by atoms with van der Waals surface area (Å²) in [6, 6.07) is 7.54. The number of nitrogens with one attached hydrogen (secondary N) is 1. The SMILES string of the molecule is CC(C)c1ccc(N(CC(=O)NC2CCCCC2)S(C)(=O)=O)cc1. The minimum atomic E-state index is -3.51. The third-order valence-electron chi connectivity index (χ3n) is 4.51. The van der Waals surface area contributed by atoms with E-state index in [2.05, 4.69) is 19.2 Å². The summed E-state index contributed by atoms with van der Waals surface area (Å²) in [7, 11) is -3.51. The summed E-state index contributed by atoms with van der Waals surface area (Å²) in [4.78, 5) is 12.3. The molecule has 0 aromatic heterocycles. The minimum absolute atomic E-state index is 0.170. The topological polar surface area (TPSA) is 66.5 Å². The van der Waals surface area contributed by atoms with E-state index in [4.69, 9.17) is 0 Å². The summed E-state index contributed by atoms with van der Waals surface area (Å²) in [6.07, 6.45) is 6.55. The quantitative estimate of drug-likeness (QED) is 0.856. The van der Waals surface area contributed by atoms with Crippen LogP contribution in [0, 0.1) is 0 Å². The van der Waals surface area contributed by atoms with Gasteiger partial charge in [0.25, 0.3) is 0 Å². The Morgan fingerprint density at radius 1 is 1.17 bits per heavy atom. The number of anilines is 1. The second kappa shape index (κ2) is 8.01. The largest absolute Gasteiger partial charge is 0.352 e. The fourth-order valence-corrected chi connectivity index (χ4v) is 3.93. The Bertz CT molecular complexity index is 647. The van der Waals surface area contributed by atoms with Crippen molar-refractivity contribution in [3.8, 4) is 0 Å². The van der Waals surface area contributed by atoms with Gasteiger partial charge in [0.05, 0.1) is 11.9 Å². The lowest BCUT2D eigenvalue weighted by atomic mass is 9.95. The summed E-state index contributed by atoms with van der Waals surface area (Å²) >= 11 is 0. The van der Waals surface area contributed by atoms with Crippen LogP contribution in [-0.4, -0.2) is 33.2 Å². The van der Waals surface area contributed by atoms with Crippen LogP contribution in [0.5, 0.6) is 0 Å². The summed E-state index contributed by atoms with van der Waals surface area (Å²) in [6.45, 7) is 4.00. The molecule has 2 rings (SSSR count).